The first kappa shape index (κ1) is 18.8. The SMILES string of the molecule is CSc1nc(CN2CCN(C(=O)[C@H]3COc4ccccc4O3)CC2)cc(=O)[nH]1. The van der Waals surface area contributed by atoms with Crippen molar-refractivity contribution in [2.45, 2.75) is 17.8 Å². The maximum Gasteiger partial charge on any atom is 0.267 e. The number of carbonyl (C=O) groups is 1. The van der Waals surface area contributed by atoms with Crippen molar-refractivity contribution in [2.24, 2.45) is 0 Å². The van der Waals surface area contributed by atoms with Gasteiger partial charge in [0, 0.05) is 38.8 Å². The molecule has 3 heterocycles. The topological polar surface area (TPSA) is 87.8 Å². The molecule has 8 nitrogen and oxygen atoms in total. The number of hydrogen-bond acceptors (Lipinski definition) is 7. The molecule has 2 aliphatic rings. The number of ether oxygens (including phenoxy) is 2. The average Bonchev–Trinajstić information content (AvgIpc) is 2.73. The zero-order valence-electron chi connectivity index (χ0n) is 15.6. The van der Waals surface area contributed by atoms with Crippen LogP contribution in [0.1, 0.15) is 5.69 Å². The smallest absolute Gasteiger partial charge is 0.267 e. The molecule has 9 heteroatoms. The number of aromatic amines is 1. The van der Waals surface area contributed by atoms with Gasteiger partial charge in [-0.3, -0.25) is 14.5 Å². The number of benzene rings is 1. The summed E-state index contributed by atoms with van der Waals surface area (Å²) in [4.78, 5) is 35.7. The fourth-order valence-electron chi connectivity index (χ4n) is 3.36. The van der Waals surface area contributed by atoms with Crippen molar-refractivity contribution in [3.8, 4) is 11.5 Å². The minimum atomic E-state index is -0.611. The lowest BCUT2D eigenvalue weighted by Gasteiger charge is -2.37. The van der Waals surface area contributed by atoms with Crippen molar-refractivity contribution in [2.75, 3.05) is 39.0 Å². The first-order valence-corrected chi connectivity index (χ1v) is 10.4. The van der Waals surface area contributed by atoms with Crippen LogP contribution in [0.5, 0.6) is 11.5 Å². The van der Waals surface area contributed by atoms with Gasteiger partial charge in [-0.1, -0.05) is 23.9 Å². The van der Waals surface area contributed by atoms with E-state index in [4.69, 9.17) is 9.47 Å². The Hall–Kier alpha value is -2.52. The lowest BCUT2D eigenvalue weighted by molar-refractivity contribution is -0.143. The van der Waals surface area contributed by atoms with Gasteiger partial charge < -0.3 is 19.4 Å². The molecule has 2 aromatic rings. The molecule has 0 unspecified atom stereocenters. The fourth-order valence-corrected chi connectivity index (χ4v) is 3.77. The van der Waals surface area contributed by atoms with Crippen LogP contribution in [0.3, 0.4) is 0 Å². The van der Waals surface area contributed by atoms with E-state index in [1.807, 2.05) is 35.4 Å². The summed E-state index contributed by atoms with van der Waals surface area (Å²) in [6, 6.07) is 8.91. The molecular weight excluding hydrogens is 380 g/mol. The van der Waals surface area contributed by atoms with Gasteiger partial charge in [-0.15, -0.1) is 0 Å². The van der Waals surface area contributed by atoms with E-state index in [2.05, 4.69) is 14.9 Å². The third-order valence-electron chi connectivity index (χ3n) is 4.82. The Morgan fingerprint density at radius 2 is 2.00 bits per heavy atom. The van der Waals surface area contributed by atoms with E-state index < -0.39 is 6.10 Å². The number of thioether (sulfide) groups is 1. The largest absolute Gasteiger partial charge is 0.485 e. The van der Waals surface area contributed by atoms with Crippen molar-refractivity contribution >= 4 is 17.7 Å². The number of carbonyl (C=O) groups excluding carboxylic acids is 1. The molecule has 0 bridgehead atoms. The summed E-state index contributed by atoms with van der Waals surface area (Å²) < 4.78 is 11.5. The number of H-pyrrole nitrogens is 1. The van der Waals surface area contributed by atoms with Gasteiger partial charge in [0.2, 0.25) is 6.10 Å². The minimum Gasteiger partial charge on any atom is -0.485 e. The molecule has 1 atom stereocenters. The third kappa shape index (κ3) is 4.15. The standard InChI is InChI=1S/C19H22N4O4S/c1-28-19-20-13(10-17(24)21-19)11-22-6-8-23(9-7-22)18(25)16-12-26-14-4-2-3-5-15(14)27-16/h2-5,10,16H,6-9,11-12H2,1H3,(H,20,21,24)/t16-/m1/s1. The van der Waals surface area contributed by atoms with Gasteiger partial charge in [-0.25, -0.2) is 4.98 Å². The molecule has 1 fully saturated rings. The monoisotopic (exact) mass is 402 g/mol. The van der Waals surface area contributed by atoms with Crippen LogP contribution in [-0.4, -0.2) is 70.8 Å². The van der Waals surface area contributed by atoms with Crippen LogP contribution in [0, 0.1) is 0 Å². The van der Waals surface area contributed by atoms with Crippen LogP contribution < -0.4 is 15.0 Å². The highest BCUT2D eigenvalue weighted by atomic mass is 32.2. The van der Waals surface area contributed by atoms with Gasteiger partial charge in [0.25, 0.3) is 11.5 Å². The van der Waals surface area contributed by atoms with Gasteiger partial charge in [0.05, 0.1) is 5.69 Å². The first-order valence-electron chi connectivity index (χ1n) is 9.16. The lowest BCUT2D eigenvalue weighted by Crippen LogP contribution is -2.53. The van der Waals surface area contributed by atoms with Gasteiger partial charge in [-0.2, -0.15) is 0 Å². The van der Waals surface area contributed by atoms with Crippen LogP contribution in [0.15, 0.2) is 40.3 Å². The van der Waals surface area contributed by atoms with E-state index in [1.165, 1.54) is 17.8 Å². The lowest BCUT2D eigenvalue weighted by atomic mass is 10.2. The van der Waals surface area contributed by atoms with Crippen LogP contribution in [-0.2, 0) is 11.3 Å². The Morgan fingerprint density at radius 1 is 1.25 bits per heavy atom. The molecule has 4 rings (SSSR count). The number of hydrogen-bond donors (Lipinski definition) is 1. The molecule has 1 saturated heterocycles. The van der Waals surface area contributed by atoms with Crippen molar-refractivity contribution in [1.29, 1.82) is 0 Å². The molecular formula is C19H22N4O4S. The Kier molecular flexibility index (Phi) is 5.54. The zero-order chi connectivity index (χ0) is 19.5. The Morgan fingerprint density at radius 3 is 2.75 bits per heavy atom. The van der Waals surface area contributed by atoms with Gasteiger partial charge in [-0.05, 0) is 18.4 Å². The molecule has 1 aromatic heterocycles. The molecule has 1 aromatic carbocycles. The summed E-state index contributed by atoms with van der Waals surface area (Å²) in [5.74, 6) is 1.23. The van der Waals surface area contributed by atoms with Gasteiger partial charge >= 0.3 is 0 Å². The highest BCUT2D eigenvalue weighted by molar-refractivity contribution is 7.98. The van der Waals surface area contributed by atoms with Crippen LogP contribution in [0.4, 0.5) is 0 Å². The predicted octanol–water partition coefficient (Wildman–Crippen LogP) is 0.976. The first-order chi connectivity index (χ1) is 13.6. The summed E-state index contributed by atoms with van der Waals surface area (Å²) in [5, 5.41) is 0.617. The highest BCUT2D eigenvalue weighted by Crippen LogP contribution is 2.31. The van der Waals surface area contributed by atoms with E-state index in [1.54, 1.807) is 0 Å². The second-order valence-electron chi connectivity index (χ2n) is 6.71. The maximum absolute atomic E-state index is 12.8. The molecule has 28 heavy (non-hydrogen) atoms. The normalized spacial score (nSPS) is 19.5. The molecule has 1 amide bonds. The van der Waals surface area contributed by atoms with Gasteiger partial charge in [0.15, 0.2) is 16.7 Å². The molecule has 2 aliphatic heterocycles. The molecule has 0 aliphatic carbocycles. The number of aromatic nitrogens is 2. The summed E-state index contributed by atoms with van der Waals surface area (Å²) >= 11 is 1.41. The predicted molar refractivity (Wildman–Crippen MR) is 105 cm³/mol. The second-order valence-corrected chi connectivity index (χ2v) is 7.51. The second kappa shape index (κ2) is 8.24. The van der Waals surface area contributed by atoms with Gasteiger partial charge in [0.1, 0.15) is 6.61 Å². The van der Waals surface area contributed by atoms with E-state index in [0.717, 1.165) is 18.8 Å². The Labute approximate surface area is 166 Å². The molecule has 0 saturated carbocycles. The van der Waals surface area contributed by atoms with E-state index in [9.17, 15) is 9.59 Å². The Balaban J connectivity index is 1.32. The van der Waals surface area contributed by atoms with Crippen molar-refractivity contribution in [3.05, 3.63) is 46.4 Å². The highest BCUT2D eigenvalue weighted by Gasteiger charge is 2.32. The quantitative estimate of drug-likeness (QED) is 0.602. The van der Waals surface area contributed by atoms with E-state index in [0.29, 0.717) is 36.3 Å². The summed E-state index contributed by atoms with van der Waals surface area (Å²) in [5.41, 5.74) is 0.603. The number of nitrogens with one attached hydrogen (secondary N) is 1. The zero-order valence-corrected chi connectivity index (χ0v) is 16.4. The van der Waals surface area contributed by atoms with Crippen molar-refractivity contribution in [1.82, 2.24) is 19.8 Å². The fraction of sp³-hybridized carbons (Fsp3) is 0.421. The van der Waals surface area contributed by atoms with Crippen molar-refractivity contribution < 1.29 is 14.3 Å². The van der Waals surface area contributed by atoms with Crippen LogP contribution in [0.25, 0.3) is 0 Å². The van der Waals surface area contributed by atoms with Crippen LogP contribution >= 0.6 is 11.8 Å². The average molecular weight is 402 g/mol. The molecule has 148 valence electrons. The maximum atomic E-state index is 12.8. The molecule has 0 spiro atoms. The molecule has 1 N–H and O–H groups in total. The summed E-state index contributed by atoms with van der Waals surface area (Å²) in [6.07, 6.45) is 1.27. The third-order valence-corrected chi connectivity index (χ3v) is 5.40. The minimum absolute atomic E-state index is 0.0481. The summed E-state index contributed by atoms with van der Waals surface area (Å²) in [7, 11) is 0. The number of piperazine rings is 1. The van der Waals surface area contributed by atoms with Crippen LogP contribution in [0.2, 0.25) is 0 Å². The van der Waals surface area contributed by atoms with Crippen molar-refractivity contribution in [3.63, 3.8) is 0 Å². The Bertz CT molecular complexity index is 911. The number of fused-ring (bicyclic) bond motifs is 1. The summed E-state index contributed by atoms with van der Waals surface area (Å²) in [6.45, 7) is 3.48. The van der Waals surface area contributed by atoms with E-state index in [-0.39, 0.29) is 18.1 Å². The number of para-hydroxylation sites is 2. The molecule has 0 radical (unpaired) electrons. The number of nitrogens with zero attached hydrogens (tertiary/aromatic N) is 3. The number of amides is 1. The number of rotatable bonds is 4. The van der Waals surface area contributed by atoms with E-state index >= 15 is 0 Å².